The van der Waals surface area contributed by atoms with Gasteiger partial charge in [0.05, 0.1) is 24.9 Å². The Morgan fingerprint density at radius 1 is 1.25 bits per heavy atom. The van der Waals surface area contributed by atoms with Gasteiger partial charge in [-0.1, -0.05) is 11.6 Å². The van der Waals surface area contributed by atoms with E-state index in [-0.39, 0.29) is 17.6 Å². The molecule has 0 bridgehead atoms. The van der Waals surface area contributed by atoms with E-state index in [4.69, 9.17) is 21.1 Å². The summed E-state index contributed by atoms with van der Waals surface area (Å²) in [6, 6.07) is 6.01. The molecule has 172 valence electrons. The maximum atomic E-state index is 12.4. The summed E-state index contributed by atoms with van der Waals surface area (Å²) in [5.41, 5.74) is 0.828. The Balaban J connectivity index is 1.31. The lowest BCUT2D eigenvalue weighted by atomic mass is 9.85. The Morgan fingerprint density at radius 2 is 2.06 bits per heavy atom. The molecule has 4 heterocycles. The van der Waals surface area contributed by atoms with Gasteiger partial charge in [0.2, 0.25) is 0 Å². The minimum absolute atomic E-state index is 0.137. The van der Waals surface area contributed by atoms with E-state index in [9.17, 15) is 9.90 Å². The molecule has 2 aromatic rings. The number of nitrogens with one attached hydrogen (secondary N) is 1. The summed E-state index contributed by atoms with van der Waals surface area (Å²) < 4.78 is 11.0. The number of aromatic nitrogens is 1. The number of carbonyl (C=O) groups is 1. The molecule has 0 radical (unpaired) electrons. The van der Waals surface area contributed by atoms with Gasteiger partial charge in [0, 0.05) is 23.2 Å². The molecule has 0 aliphatic carbocycles. The molecule has 3 aliphatic heterocycles. The van der Waals surface area contributed by atoms with E-state index in [0.29, 0.717) is 31.6 Å². The monoisotopic (exact) mass is 459 g/mol. The highest BCUT2D eigenvalue weighted by Gasteiger charge is 2.45. The number of amides is 1. The van der Waals surface area contributed by atoms with Crippen molar-refractivity contribution in [2.75, 3.05) is 38.2 Å². The highest BCUT2D eigenvalue weighted by molar-refractivity contribution is 6.32. The number of nitrogens with zero attached hydrogens (tertiary/aromatic N) is 2. The van der Waals surface area contributed by atoms with Gasteiger partial charge >= 0.3 is 0 Å². The second-order valence-electron chi connectivity index (χ2n) is 9.43. The van der Waals surface area contributed by atoms with Gasteiger partial charge in [-0.05, 0) is 80.8 Å². The first-order valence-corrected chi connectivity index (χ1v) is 11.8. The zero-order valence-corrected chi connectivity index (χ0v) is 19.1. The van der Waals surface area contributed by atoms with Gasteiger partial charge in [-0.15, -0.1) is 0 Å². The summed E-state index contributed by atoms with van der Waals surface area (Å²) in [5, 5.41) is 16.0. The number of anilines is 1. The lowest BCUT2D eigenvalue weighted by Gasteiger charge is -2.43. The number of rotatable bonds is 4. The van der Waals surface area contributed by atoms with Crippen molar-refractivity contribution in [1.29, 1.82) is 0 Å². The Bertz CT molecular complexity index is 1000. The average Bonchev–Trinajstić information content (AvgIpc) is 3.45. The molecule has 0 saturated carbocycles. The van der Waals surface area contributed by atoms with Crippen LogP contribution in [0.15, 0.2) is 24.4 Å². The Hall–Kier alpha value is -1.77. The molecule has 32 heavy (non-hydrogen) atoms. The highest BCUT2D eigenvalue weighted by atomic mass is 35.5. The number of piperidine rings is 1. The number of benzene rings is 1. The topological polar surface area (TPSA) is 83.9 Å². The fourth-order valence-electron chi connectivity index (χ4n) is 5.21. The van der Waals surface area contributed by atoms with Crippen molar-refractivity contribution in [3.8, 4) is 0 Å². The fourth-order valence-corrected chi connectivity index (χ4v) is 5.54. The van der Waals surface area contributed by atoms with Crippen LogP contribution in [0.1, 0.15) is 44.1 Å². The van der Waals surface area contributed by atoms with Gasteiger partial charge in [-0.2, -0.15) is 0 Å². The molecule has 3 atom stereocenters. The van der Waals surface area contributed by atoms with Crippen LogP contribution in [-0.4, -0.2) is 71.6 Å². The minimum Gasteiger partial charge on any atom is -0.389 e. The SMILES string of the molecule is C[C@]1(N2CCC(c3cc4cc(NC(=O)[C@@H]5CCCO5)ncc4cc3Cl)CC2)COC[C@H]1O. The second-order valence-corrected chi connectivity index (χ2v) is 9.84. The number of pyridine rings is 1. The van der Waals surface area contributed by atoms with Crippen LogP contribution >= 0.6 is 11.6 Å². The number of ether oxygens (including phenoxy) is 2. The predicted molar refractivity (Wildman–Crippen MR) is 123 cm³/mol. The molecule has 2 N–H and O–H groups in total. The van der Waals surface area contributed by atoms with Crippen LogP contribution in [0.5, 0.6) is 0 Å². The van der Waals surface area contributed by atoms with Crippen LogP contribution < -0.4 is 5.32 Å². The standard InChI is InChI=1S/C24H30ClN3O4/c1-24(14-31-13-21(24)29)28-6-4-15(5-7-28)18-9-16-11-22(26-12-17(16)10-19(18)25)27-23(30)20-3-2-8-32-20/h9-12,15,20-21,29H,2-8,13-14H2,1H3,(H,26,27,30)/t20-,21+,24-/m0/s1. The third-order valence-electron chi connectivity index (χ3n) is 7.36. The van der Waals surface area contributed by atoms with Crippen molar-refractivity contribution in [3.05, 3.63) is 35.0 Å². The molecular formula is C24H30ClN3O4. The van der Waals surface area contributed by atoms with Crippen LogP contribution in [0, 0.1) is 0 Å². The maximum Gasteiger partial charge on any atom is 0.254 e. The van der Waals surface area contributed by atoms with Crippen LogP contribution in [-0.2, 0) is 14.3 Å². The number of hydrogen-bond donors (Lipinski definition) is 2. The number of hydrogen-bond acceptors (Lipinski definition) is 6. The van der Waals surface area contributed by atoms with E-state index in [1.54, 1.807) is 6.20 Å². The van der Waals surface area contributed by atoms with Gasteiger partial charge < -0.3 is 19.9 Å². The van der Waals surface area contributed by atoms with Gasteiger partial charge in [0.15, 0.2) is 0 Å². The summed E-state index contributed by atoms with van der Waals surface area (Å²) >= 11 is 6.67. The fraction of sp³-hybridized carbons (Fsp3) is 0.583. The molecular weight excluding hydrogens is 430 g/mol. The van der Waals surface area contributed by atoms with Crippen LogP contribution in [0.3, 0.4) is 0 Å². The highest BCUT2D eigenvalue weighted by Crippen LogP contribution is 2.38. The minimum atomic E-state index is -0.445. The molecule has 5 rings (SSSR count). The first kappa shape index (κ1) is 22.0. The van der Waals surface area contributed by atoms with Crippen molar-refractivity contribution < 1.29 is 19.4 Å². The van der Waals surface area contributed by atoms with E-state index >= 15 is 0 Å². The smallest absolute Gasteiger partial charge is 0.254 e. The third-order valence-corrected chi connectivity index (χ3v) is 7.68. The summed E-state index contributed by atoms with van der Waals surface area (Å²) in [6.45, 7) is 5.50. The van der Waals surface area contributed by atoms with E-state index in [1.165, 1.54) is 0 Å². The molecule has 3 aliphatic rings. The van der Waals surface area contributed by atoms with E-state index in [2.05, 4.69) is 28.2 Å². The lowest BCUT2D eigenvalue weighted by Crippen LogP contribution is -2.56. The maximum absolute atomic E-state index is 12.4. The van der Waals surface area contributed by atoms with Crippen molar-refractivity contribution in [3.63, 3.8) is 0 Å². The lowest BCUT2D eigenvalue weighted by molar-refractivity contribution is -0.124. The van der Waals surface area contributed by atoms with Crippen molar-refractivity contribution in [1.82, 2.24) is 9.88 Å². The second kappa shape index (κ2) is 8.88. The molecule has 0 spiro atoms. The van der Waals surface area contributed by atoms with Gasteiger partial charge in [0.25, 0.3) is 5.91 Å². The van der Waals surface area contributed by atoms with E-state index in [1.807, 2.05) is 12.1 Å². The zero-order chi connectivity index (χ0) is 22.3. The third kappa shape index (κ3) is 4.13. The van der Waals surface area contributed by atoms with Crippen LogP contribution in [0.2, 0.25) is 5.02 Å². The zero-order valence-electron chi connectivity index (χ0n) is 18.3. The molecule has 8 heteroatoms. The molecule has 1 amide bonds. The average molecular weight is 460 g/mol. The summed E-state index contributed by atoms with van der Waals surface area (Å²) in [6.07, 6.45) is 4.53. The quantitative estimate of drug-likeness (QED) is 0.729. The molecule has 3 saturated heterocycles. The van der Waals surface area contributed by atoms with Crippen molar-refractivity contribution in [2.24, 2.45) is 0 Å². The number of halogens is 1. The Morgan fingerprint density at radius 3 is 2.75 bits per heavy atom. The largest absolute Gasteiger partial charge is 0.389 e. The molecule has 1 aromatic heterocycles. The number of aliphatic hydroxyl groups excluding tert-OH is 1. The van der Waals surface area contributed by atoms with Crippen LogP contribution in [0.4, 0.5) is 5.82 Å². The van der Waals surface area contributed by atoms with E-state index < -0.39 is 6.10 Å². The molecule has 7 nitrogen and oxygen atoms in total. The molecule has 3 fully saturated rings. The van der Waals surface area contributed by atoms with Gasteiger partial charge in [0.1, 0.15) is 11.9 Å². The first-order valence-electron chi connectivity index (χ1n) is 11.5. The predicted octanol–water partition coefficient (Wildman–Crippen LogP) is 3.33. The normalized spacial score (nSPS) is 29.6. The van der Waals surface area contributed by atoms with Gasteiger partial charge in [-0.3, -0.25) is 9.69 Å². The van der Waals surface area contributed by atoms with E-state index in [0.717, 1.165) is 60.1 Å². The Kier molecular flexibility index (Phi) is 6.11. The summed E-state index contributed by atoms with van der Waals surface area (Å²) in [7, 11) is 0. The van der Waals surface area contributed by atoms with Crippen molar-refractivity contribution in [2.45, 2.75) is 56.3 Å². The number of likely N-dealkylation sites (tertiary alicyclic amines) is 1. The van der Waals surface area contributed by atoms with Crippen LogP contribution in [0.25, 0.3) is 10.8 Å². The number of fused-ring (bicyclic) bond motifs is 1. The van der Waals surface area contributed by atoms with Gasteiger partial charge in [-0.25, -0.2) is 4.98 Å². The number of carbonyl (C=O) groups excluding carboxylic acids is 1. The Labute approximate surface area is 193 Å². The first-order chi connectivity index (χ1) is 15.4. The number of aliphatic hydroxyl groups is 1. The molecule has 0 unspecified atom stereocenters. The summed E-state index contributed by atoms with van der Waals surface area (Å²) in [4.78, 5) is 19.1. The summed E-state index contributed by atoms with van der Waals surface area (Å²) in [5.74, 6) is 0.746. The van der Waals surface area contributed by atoms with Crippen molar-refractivity contribution >= 4 is 34.1 Å². The molecule has 1 aromatic carbocycles.